The fourth-order valence-corrected chi connectivity index (χ4v) is 1.19. The Morgan fingerprint density at radius 2 is 2.07 bits per heavy atom. The van der Waals surface area contributed by atoms with Crippen LogP contribution in [0.15, 0.2) is 22.8 Å². The average molecular weight is 276 g/mol. The van der Waals surface area contributed by atoms with Crippen molar-refractivity contribution in [3.63, 3.8) is 0 Å². The molecule has 1 N–H and O–H groups in total. The summed E-state index contributed by atoms with van der Waals surface area (Å²) in [4.78, 5) is 4.10. The molecule has 1 aromatic heterocycles. The summed E-state index contributed by atoms with van der Waals surface area (Å²) in [6, 6.07) is 5.53. The first kappa shape index (κ1) is 14.4. The van der Waals surface area contributed by atoms with E-state index in [4.69, 9.17) is 9.84 Å². The molecule has 0 aromatic carbocycles. The molecule has 0 atom stereocenters. The van der Waals surface area contributed by atoms with Gasteiger partial charge in [-0.2, -0.15) is 0 Å². The molecular formula is C11H18BrNO2. The zero-order valence-electron chi connectivity index (χ0n) is 9.24. The Morgan fingerprint density at radius 3 is 2.67 bits per heavy atom. The lowest BCUT2D eigenvalue weighted by Gasteiger charge is -2.03. The largest absolute Gasteiger partial charge is 0.478 e. The highest BCUT2D eigenvalue weighted by atomic mass is 79.9. The van der Waals surface area contributed by atoms with Crippen molar-refractivity contribution >= 4 is 15.9 Å². The number of ether oxygens (including phenoxy) is 1. The minimum Gasteiger partial charge on any atom is -0.478 e. The SMILES string of the molecule is CC.OCCCCOc1cccc(Br)n1. The van der Waals surface area contributed by atoms with E-state index in [1.54, 1.807) is 0 Å². The van der Waals surface area contributed by atoms with Crippen LogP contribution in [0.25, 0.3) is 0 Å². The van der Waals surface area contributed by atoms with Crippen molar-refractivity contribution in [2.24, 2.45) is 0 Å². The molecule has 3 nitrogen and oxygen atoms in total. The van der Waals surface area contributed by atoms with Crippen LogP contribution >= 0.6 is 15.9 Å². The third kappa shape index (κ3) is 7.33. The van der Waals surface area contributed by atoms with Gasteiger partial charge in [0.25, 0.3) is 0 Å². The molecule has 86 valence electrons. The maximum atomic E-state index is 8.53. The lowest BCUT2D eigenvalue weighted by atomic mass is 10.3. The molecule has 0 spiro atoms. The van der Waals surface area contributed by atoms with Gasteiger partial charge in [0.2, 0.25) is 5.88 Å². The van der Waals surface area contributed by atoms with Gasteiger partial charge in [-0.3, -0.25) is 0 Å². The number of unbranched alkanes of at least 4 members (excludes halogenated alkanes) is 1. The van der Waals surface area contributed by atoms with E-state index in [0.717, 1.165) is 17.4 Å². The number of aliphatic hydroxyl groups is 1. The van der Waals surface area contributed by atoms with E-state index in [9.17, 15) is 0 Å². The van der Waals surface area contributed by atoms with E-state index in [1.165, 1.54) is 0 Å². The summed E-state index contributed by atoms with van der Waals surface area (Å²) >= 11 is 3.25. The van der Waals surface area contributed by atoms with Crippen molar-refractivity contribution in [2.75, 3.05) is 13.2 Å². The molecule has 0 saturated heterocycles. The van der Waals surface area contributed by atoms with Gasteiger partial charge in [0.1, 0.15) is 4.60 Å². The van der Waals surface area contributed by atoms with Gasteiger partial charge in [0.15, 0.2) is 0 Å². The van der Waals surface area contributed by atoms with Crippen molar-refractivity contribution in [3.8, 4) is 5.88 Å². The first-order chi connectivity index (χ1) is 7.33. The second kappa shape index (κ2) is 9.93. The van der Waals surface area contributed by atoms with Crippen LogP contribution in [-0.2, 0) is 0 Å². The third-order valence-electron chi connectivity index (χ3n) is 1.49. The van der Waals surface area contributed by atoms with Gasteiger partial charge in [0.05, 0.1) is 6.61 Å². The highest BCUT2D eigenvalue weighted by Gasteiger charge is 1.95. The van der Waals surface area contributed by atoms with Crippen LogP contribution in [0.1, 0.15) is 26.7 Å². The maximum absolute atomic E-state index is 8.53. The van der Waals surface area contributed by atoms with Gasteiger partial charge in [0, 0.05) is 12.7 Å². The minimum atomic E-state index is 0.218. The van der Waals surface area contributed by atoms with Crippen LogP contribution < -0.4 is 4.74 Å². The van der Waals surface area contributed by atoms with Crippen LogP contribution in [0, 0.1) is 0 Å². The van der Waals surface area contributed by atoms with Crippen molar-refractivity contribution in [3.05, 3.63) is 22.8 Å². The van der Waals surface area contributed by atoms with E-state index in [2.05, 4.69) is 20.9 Å². The fourth-order valence-electron chi connectivity index (χ4n) is 0.861. The smallest absolute Gasteiger partial charge is 0.214 e. The molecule has 0 radical (unpaired) electrons. The summed E-state index contributed by atoms with van der Waals surface area (Å²) in [5.74, 6) is 0.618. The summed E-state index contributed by atoms with van der Waals surface area (Å²) in [7, 11) is 0. The Balaban J connectivity index is 0.000000921. The van der Waals surface area contributed by atoms with E-state index in [1.807, 2.05) is 32.0 Å². The second-order valence-electron chi connectivity index (χ2n) is 2.58. The van der Waals surface area contributed by atoms with Crippen LogP contribution in [0.5, 0.6) is 5.88 Å². The zero-order chi connectivity index (χ0) is 11.5. The summed E-state index contributed by atoms with van der Waals surface area (Å²) < 4.78 is 6.11. The molecule has 0 unspecified atom stereocenters. The second-order valence-corrected chi connectivity index (χ2v) is 3.39. The molecule has 1 aromatic rings. The molecule has 0 aliphatic heterocycles. The Hall–Kier alpha value is -0.610. The number of hydrogen-bond donors (Lipinski definition) is 1. The van der Waals surface area contributed by atoms with Gasteiger partial charge in [-0.05, 0) is 34.8 Å². The lowest BCUT2D eigenvalue weighted by Crippen LogP contribution is -1.99. The molecule has 0 fully saturated rings. The van der Waals surface area contributed by atoms with Gasteiger partial charge in [-0.1, -0.05) is 19.9 Å². The molecular weight excluding hydrogens is 258 g/mol. The first-order valence-electron chi connectivity index (χ1n) is 5.19. The predicted octanol–water partition coefficient (Wildman–Crippen LogP) is 3.02. The molecule has 0 saturated carbocycles. The minimum absolute atomic E-state index is 0.218. The van der Waals surface area contributed by atoms with Crippen LogP contribution in [0.4, 0.5) is 0 Å². The average Bonchev–Trinajstić information content (AvgIpc) is 2.27. The Labute approximate surface area is 99.6 Å². The monoisotopic (exact) mass is 275 g/mol. The van der Waals surface area contributed by atoms with Crippen molar-refractivity contribution in [2.45, 2.75) is 26.7 Å². The molecule has 0 aliphatic rings. The topological polar surface area (TPSA) is 42.4 Å². The van der Waals surface area contributed by atoms with E-state index < -0.39 is 0 Å². The Morgan fingerprint density at radius 1 is 1.33 bits per heavy atom. The number of aliphatic hydroxyl groups excluding tert-OH is 1. The zero-order valence-corrected chi connectivity index (χ0v) is 10.8. The fraction of sp³-hybridized carbons (Fsp3) is 0.545. The van der Waals surface area contributed by atoms with Crippen LogP contribution in [-0.4, -0.2) is 23.3 Å². The van der Waals surface area contributed by atoms with Gasteiger partial charge >= 0.3 is 0 Å². The number of rotatable bonds is 5. The summed E-state index contributed by atoms with van der Waals surface area (Å²) in [5, 5.41) is 8.53. The number of hydrogen-bond acceptors (Lipinski definition) is 3. The summed E-state index contributed by atoms with van der Waals surface area (Å²) in [6.07, 6.45) is 1.62. The van der Waals surface area contributed by atoms with Crippen molar-refractivity contribution in [1.29, 1.82) is 0 Å². The molecule has 1 rings (SSSR count). The maximum Gasteiger partial charge on any atom is 0.214 e. The standard InChI is InChI=1S/C9H12BrNO2.C2H6/c10-8-4-3-5-9(11-8)13-7-2-1-6-12;1-2/h3-5,12H,1-2,6-7H2;1-2H3. The summed E-state index contributed by atoms with van der Waals surface area (Å²) in [5.41, 5.74) is 0. The Kier molecular flexibility index (Phi) is 9.52. The van der Waals surface area contributed by atoms with Crippen molar-refractivity contribution < 1.29 is 9.84 Å². The predicted molar refractivity (Wildman–Crippen MR) is 65.1 cm³/mol. The molecule has 4 heteroatoms. The van der Waals surface area contributed by atoms with E-state index >= 15 is 0 Å². The first-order valence-corrected chi connectivity index (χ1v) is 5.98. The molecule has 0 aliphatic carbocycles. The van der Waals surface area contributed by atoms with Crippen LogP contribution in [0.3, 0.4) is 0 Å². The molecule has 1 heterocycles. The highest BCUT2D eigenvalue weighted by molar-refractivity contribution is 9.10. The quantitative estimate of drug-likeness (QED) is 0.664. The molecule has 15 heavy (non-hydrogen) atoms. The lowest BCUT2D eigenvalue weighted by molar-refractivity contribution is 0.249. The number of aromatic nitrogens is 1. The number of pyridine rings is 1. The third-order valence-corrected chi connectivity index (χ3v) is 1.93. The number of nitrogens with zero attached hydrogens (tertiary/aromatic N) is 1. The van der Waals surface area contributed by atoms with E-state index in [-0.39, 0.29) is 6.61 Å². The van der Waals surface area contributed by atoms with Crippen molar-refractivity contribution in [1.82, 2.24) is 4.98 Å². The Bertz CT molecular complexity index is 256. The summed E-state index contributed by atoms with van der Waals surface area (Å²) in [6.45, 7) is 4.82. The normalized spacial score (nSPS) is 9.07. The number of halogens is 1. The molecule has 0 amide bonds. The molecule has 0 bridgehead atoms. The van der Waals surface area contributed by atoms with Gasteiger partial charge in [-0.15, -0.1) is 0 Å². The van der Waals surface area contributed by atoms with E-state index in [0.29, 0.717) is 12.5 Å². The van der Waals surface area contributed by atoms with Gasteiger partial charge < -0.3 is 9.84 Å². The van der Waals surface area contributed by atoms with Crippen LogP contribution in [0.2, 0.25) is 0 Å². The highest BCUT2D eigenvalue weighted by Crippen LogP contribution is 2.12. The van der Waals surface area contributed by atoms with Gasteiger partial charge in [-0.25, -0.2) is 4.98 Å².